The van der Waals surface area contributed by atoms with Crippen LogP contribution in [-0.4, -0.2) is 40.8 Å². The fraction of sp³-hybridized carbons (Fsp3) is 0.353. The summed E-state index contributed by atoms with van der Waals surface area (Å²) in [5, 5.41) is 23.6. The van der Waals surface area contributed by atoms with E-state index in [0.717, 1.165) is 18.7 Å². The van der Waals surface area contributed by atoms with Gasteiger partial charge in [-0.2, -0.15) is 11.3 Å². The lowest BCUT2D eigenvalue weighted by Gasteiger charge is -2.17. The van der Waals surface area contributed by atoms with Gasteiger partial charge in [0.1, 0.15) is 0 Å². The van der Waals surface area contributed by atoms with Crippen molar-refractivity contribution in [2.24, 2.45) is 5.92 Å². The number of hydrogen-bond acceptors (Lipinski definition) is 4. The third-order valence-corrected chi connectivity index (χ3v) is 5.48. The van der Waals surface area contributed by atoms with Crippen molar-refractivity contribution >= 4 is 28.9 Å². The van der Waals surface area contributed by atoms with E-state index in [1.807, 2.05) is 0 Å². The molecule has 1 aromatic heterocycles. The van der Waals surface area contributed by atoms with Crippen molar-refractivity contribution in [1.82, 2.24) is 4.90 Å². The van der Waals surface area contributed by atoms with Gasteiger partial charge in [-0.3, -0.25) is 4.90 Å². The van der Waals surface area contributed by atoms with E-state index in [2.05, 4.69) is 21.7 Å². The molecular formula is C17H18ClNO3S. The number of benzene rings is 1. The number of thiophene rings is 1. The summed E-state index contributed by atoms with van der Waals surface area (Å²) in [6.07, 6.45) is 0. The highest BCUT2D eigenvalue weighted by Gasteiger charge is 2.33. The molecule has 0 saturated carbocycles. The summed E-state index contributed by atoms with van der Waals surface area (Å²) < 4.78 is 0. The van der Waals surface area contributed by atoms with Crippen LogP contribution in [0.4, 0.5) is 0 Å². The summed E-state index contributed by atoms with van der Waals surface area (Å²) in [4.78, 5) is 13.4. The van der Waals surface area contributed by atoms with Gasteiger partial charge in [0, 0.05) is 43.1 Å². The van der Waals surface area contributed by atoms with Gasteiger partial charge in [0.25, 0.3) is 0 Å². The van der Waals surface area contributed by atoms with Crippen LogP contribution in [0.5, 0.6) is 0 Å². The molecule has 0 aliphatic carbocycles. The van der Waals surface area contributed by atoms with E-state index in [1.54, 1.807) is 23.5 Å². The molecule has 1 aliphatic heterocycles. The number of aliphatic hydroxyl groups is 1. The topological polar surface area (TPSA) is 60.8 Å². The number of likely N-dealkylation sites (tertiary alicyclic amines) is 1. The normalized spacial score (nSPS) is 21.7. The van der Waals surface area contributed by atoms with Gasteiger partial charge in [-0.25, -0.2) is 4.79 Å². The fourth-order valence-corrected chi connectivity index (χ4v) is 4.11. The van der Waals surface area contributed by atoms with Gasteiger partial charge in [0.2, 0.25) is 0 Å². The summed E-state index contributed by atoms with van der Waals surface area (Å²) in [5.41, 5.74) is 2.33. The number of carbonyl (C=O) groups is 1. The molecule has 3 rings (SSSR count). The highest BCUT2D eigenvalue weighted by molar-refractivity contribution is 7.08. The molecular weight excluding hydrogens is 334 g/mol. The minimum absolute atomic E-state index is 0.153. The van der Waals surface area contributed by atoms with Gasteiger partial charge in [-0.15, -0.1) is 0 Å². The molecule has 122 valence electrons. The molecule has 4 nitrogen and oxygen atoms in total. The predicted molar refractivity (Wildman–Crippen MR) is 91.3 cm³/mol. The molecule has 6 heteroatoms. The number of aromatic carboxylic acids is 1. The van der Waals surface area contributed by atoms with E-state index in [0.29, 0.717) is 17.5 Å². The summed E-state index contributed by atoms with van der Waals surface area (Å²) >= 11 is 7.88. The van der Waals surface area contributed by atoms with E-state index in [4.69, 9.17) is 16.7 Å². The Hall–Kier alpha value is -1.40. The minimum atomic E-state index is -0.950. The van der Waals surface area contributed by atoms with Crippen LogP contribution in [0, 0.1) is 5.92 Å². The van der Waals surface area contributed by atoms with Crippen LogP contribution in [0.25, 0.3) is 0 Å². The highest BCUT2D eigenvalue weighted by Crippen LogP contribution is 2.34. The second-order valence-corrected chi connectivity index (χ2v) is 7.10. The molecule has 2 aromatic rings. The van der Waals surface area contributed by atoms with Crippen molar-refractivity contribution in [3.05, 3.63) is 56.7 Å². The van der Waals surface area contributed by atoms with Crippen LogP contribution in [0.1, 0.15) is 27.4 Å². The molecule has 1 aromatic carbocycles. The van der Waals surface area contributed by atoms with Crippen molar-refractivity contribution in [3.8, 4) is 0 Å². The lowest BCUT2D eigenvalue weighted by Crippen LogP contribution is -2.21. The first-order chi connectivity index (χ1) is 11.1. The van der Waals surface area contributed by atoms with Crippen LogP contribution >= 0.6 is 22.9 Å². The maximum atomic E-state index is 11.1. The van der Waals surface area contributed by atoms with Crippen molar-refractivity contribution < 1.29 is 15.0 Å². The van der Waals surface area contributed by atoms with E-state index < -0.39 is 5.97 Å². The van der Waals surface area contributed by atoms with Gasteiger partial charge in [0.05, 0.1) is 5.56 Å². The first-order valence-corrected chi connectivity index (χ1v) is 8.77. The molecule has 0 spiro atoms. The fourth-order valence-electron chi connectivity index (χ4n) is 3.21. The molecule has 0 bridgehead atoms. The lowest BCUT2D eigenvalue weighted by molar-refractivity contribution is 0.0696. The number of carboxylic acids is 1. The molecule has 1 aliphatic rings. The average molecular weight is 352 g/mol. The van der Waals surface area contributed by atoms with E-state index in [9.17, 15) is 9.90 Å². The average Bonchev–Trinajstić information content (AvgIpc) is 3.18. The quantitative estimate of drug-likeness (QED) is 0.867. The number of nitrogens with zero attached hydrogens (tertiary/aromatic N) is 1. The highest BCUT2D eigenvalue weighted by atomic mass is 35.5. The van der Waals surface area contributed by atoms with Crippen LogP contribution < -0.4 is 0 Å². The van der Waals surface area contributed by atoms with Crippen molar-refractivity contribution in [2.75, 3.05) is 19.7 Å². The summed E-state index contributed by atoms with van der Waals surface area (Å²) in [6.45, 7) is 2.37. The Morgan fingerprint density at radius 1 is 1.35 bits per heavy atom. The van der Waals surface area contributed by atoms with Gasteiger partial charge in [-0.1, -0.05) is 11.6 Å². The Kier molecular flexibility index (Phi) is 5.02. The molecule has 0 radical (unpaired) electrons. The molecule has 0 amide bonds. The number of carboxylic acid groups (broad SMARTS) is 1. The Balaban J connectivity index is 1.76. The second kappa shape index (κ2) is 7.01. The van der Waals surface area contributed by atoms with E-state index >= 15 is 0 Å². The Morgan fingerprint density at radius 2 is 2.17 bits per heavy atom. The van der Waals surface area contributed by atoms with Crippen LogP contribution in [0.3, 0.4) is 0 Å². The van der Waals surface area contributed by atoms with Crippen molar-refractivity contribution in [1.29, 1.82) is 0 Å². The third-order valence-electron chi connectivity index (χ3n) is 4.41. The molecule has 1 fully saturated rings. The van der Waals surface area contributed by atoms with Gasteiger partial charge in [0.15, 0.2) is 0 Å². The Bertz CT molecular complexity index is 689. The monoisotopic (exact) mass is 351 g/mol. The minimum Gasteiger partial charge on any atom is -0.478 e. The second-order valence-electron chi connectivity index (χ2n) is 5.91. The first kappa shape index (κ1) is 16.5. The van der Waals surface area contributed by atoms with Crippen LogP contribution in [0.2, 0.25) is 5.02 Å². The number of halogens is 1. The summed E-state index contributed by atoms with van der Waals surface area (Å²) in [6, 6.07) is 6.90. The van der Waals surface area contributed by atoms with Crippen molar-refractivity contribution in [2.45, 2.75) is 12.5 Å². The van der Waals surface area contributed by atoms with Gasteiger partial charge >= 0.3 is 5.97 Å². The summed E-state index contributed by atoms with van der Waals surface area (Å²) in [5.74, 6) is -0.438. The van der Waals surface area contributed by atoms with Crippen molar-refractivity contribution in [3.63, 3.8) is 0 Å². The van der Waals surface area contributed by atoms with Crippen LogP contribution in [-0.2, 0) is 6.54 Å². The zero-order valence-electron chi connectivity index (χ0n) is 12.5. The smallest absolute Gasteiger partial charge is 0.335 e. The molecule has 2 heterocycles. The molecule has 2 atom stereocenters. The number of hydrogen-bond donors (Lipinski definition) is 2. The molecule has 0 unspecified atom stereocenters. The maximum Gasteiger partial charge on any atom is 0.335 e. The van der Waals surface area contributed by atoms with E-state index in [-0.39, 0.29) is 18.1 Å². The van der Waals surface area contributed by atoms with Crippen LogP contribution in [0.15, 0.2) is 35.0 Å². The Labute approximate surface area is 143 Å². The SMILES string of the molecule is O=C(O)c1ccc(Cl)c(CN2C[C@@H](CO)[C@H](c3ccsc3)C2)c1. The number of aliphatic hydroxyl groups excluding tert-OH is 1. The predicted octanol–water partition coefficient (Wildman–Crippen LogP) is 3.31. The third kappa shape index (κ3) is 3.58. The largest absolute Gasteiger partial charge is 0.478 e. The number of rotatable bonds is 5. The summed E-state index contributed by atoms with van der Waals surface area (Å²) in [7, 11) is 0. The molecule has 1 saturated heterocycles. The van der Waals surface area contributed by atoms with Gasteiger partial charge < -0.3 is 10.2 Å². The Morgan fingerprint density at radius 3 is 2.83 bits per heavy atom. The zero-order valence-corrected chi connectivity index (χ0v) is 14.1. The zero-order chi connectivity index (χ0) is 16.4. The molecule has 2 N–H and O–H groups in total. The molecule has 23 heavy (non-hydrogen) atoms. The lowest BCUT2D eigenvalue weighted by atomic mass is 9.92. The maximum absolute atomic E-state index is 11.1. The van der Waals surface area contributed by atoms with Gasteiger partial charge in [-0.05, 0) is 46.2 Å². The standard InChI is InChI=1S/C17H18ClNO3S/c18-16-2-1-11(17(21)22)5-13(16)6-19-7-14(9-20)15(8-19)12-3-4-23-10-12/h1-5,10,14-15,20H,6-9H2,(H,21,22)/t14-,15-/m0/s1. The first-order valence-electron chi connectivity index (χ1n) is 7.45. The van der Waals surface area contributed by atoms with E-state index in [1.165, 1.54) is 11.6 Å².